The maximum Gasteiger partial charge on any atom is 0.191 e. The molecule has 0 amide bonds. The number of nitrogens with one attached hydrogen (secondary N) is 2. The molecule has 0 radical (unpaired) electrons. The van der Waals surface area contributed by atoms with Gasteiger partial charge in [0.05, 0.1) is 0 Å². The van der Waals surface area contributed by atoms with E-state index in [2.05, 4.69) is 30.4 Å². The Labute approximate surface area is 151 Å². The van der Waals surface area contributed by atoms with Crippen LogP contribution in [0.2, 0.25) is 0 Å². The van der Waals surface area contributed by atoms with E-state index in [1.807, 2.05) is 0 Å². The van der Waals surface area contributed by atoms with Crippen LogP contribution < -0.4 is 10.6 Å². The lowest BCUT2D eigenvalue weighted by Gasteiger charge is -2.13. The van der Waals surface area contributed by atoms with E-state index >= 15 is 0 Å². The van der Waals surface area contributed by atoms with E-state index < -0.39 is 11.6 Å². The Hall–Kier alpha value is -2.51. The third-order valence-corrected chi connectivity index (χ3v) is 4.50. The number of aliphatic imine (C=N–C) groups is 1. The Balaban J connectivity index is 1.50. The number of rotatable bonds is 5. The number of hydrogen-bond donors (Lipinski definition) is 2. The number of benzene rings is 1. The normalized spacial score (nSPS) is 14.7. The molecule has 1 aromatic carbocycles. The molecule has 0 aliphatic carbocycles. The fraction of sp³-hybridized carbons (Fsp3) is 0.500. The molecule has 3 rings (SSSR count). The first-order valence-corrected chi connectivity index (χ1v) is 8.97. The second-order valence-electron chi connectivity index (χ2n) is 6.33. The van der Waals surface area contributed by atoms with Gasteiger partial charge in [0, 0.05) is 45.1 Å². The van der Waals surface area contributed by atoms with E-state index in [4.69, 9.17) is 0 Å². The van der Waals surface area contributed by atoms with Gasteiger partial charge in [0.2, 0.25) is 0 Å². The molecule has 140 valence electrons. The highest BCUT2D eigenvalue weighted by atomic mass is 19.1. The summed E-state index contributed by atoms with van der Waals surface area (Å²) < 4.78 is 29.1. The molecule has 0 atom stereocenters. The SMILES string of the molecule is CN=C(NCCc1nnc2n1CCCCC2)NCc1cc(F)ccc1F. The summed E-state index contributed by atoms with van der Waals surface area (Å²) in [6.45, 7) is 1.76. The van der Waals surface area contributed by atoms with Crippen molar-refractivity contribution in [3.8, 4) is 0 Å². The molecular weight excluding hydrogens is 338 g/mol. The van der Waals surface area contributed by atoms with Crippen LogP contribution in [0.15, 0.2) is 23.2 Å². The molecule has 0 spiro atoms. The minimum atomic E-state index is -0.460. The first-order chi connectivity index (χ1) is 12.7. The summed E-state index contributed by atoms with van der Waals surface area (Å²) in [5.74, 6) is 1.67. The van der Waals surface area contributed by atoms with Gasteiger partial charge in [0.1, 0.15) is 23.3 Å². The zero-order chi connectivity index (χ0) is 18.4. The minimum absolute atomic E-state index is 0.156. The molecule has 1 aliphatic heterocycles. The standard InChI is InChI=1S/C18H24F2N6/c1-21-18(23-12-13-11-14(19)6-7-15(13)20)22-9-8-17-25-24-16-5-3-2-4-10-26(16)17/h6-7,11H,2-5,8-10,12H2,1H3,(H2,21,22,23). The number of nitrogens with zero attached hydrogens (tertiary/aromatic N) is 4. The van der Waals surface area contributed by atoms with Crippen LogP contribution in [-0.2, 0) is 25.9 Å². The lowest BCUT2D eigenvalue weighted by molar-refractivity contribution is 0.580. The van der Waals surface area contributed by atoms with Crippen LogP contribution >= 0.6 is 0 Å². The summed E-state index contributed by atoms with van der Waals surface area (Å²) in [7, 11) is 1.64. The van der Waals surface area contributed by atoms with Gasteiger partial charge in [-0.3, -0.25) is 4.99 Å². The quantitative estimate of drug-likeness (QED) is 0.632. The van der Waals surface area contributed by atoms with E-state index in [9.17, 15) is 8.78 Å². The van der Waals surface area contributed by atoms with Gasteiger partial charge in [-0.25, -0.2) is 8.78 Å². The fourth-order valence-electron chi connectivity index (χ4n) is 3.10. The number of guanidine groups is 1. The average molecular weight is 362 g/mol. The highest BCUT2D eigenvalue weighted by molar-refractivity contribution is 5.79. The lowest BCUT2D eigenvalue weighted by Crippen LogP contribution is -2.38. The Kier molecular flexibility index (Phi) is 6.14. The minimum Gasteiger partial charge on any atom is -0.356 e. The molecule has 0 fully saturated rings. The van der Waals surface area contributed by atoms with Crippen LogP contribution in [-0.4, -0.2) is 34.3 Å². The third kappa shape index (κ3) is 4.56. The third-order valence-electron chi connectivity index (χ3n) is 4.50. The predicted molar refractivity (Wildman–Crippen MR) is 95.8 cm³/mol. The molecule has 0 unspecified atom stereocenters. The Morgan fingerprint density at radius 2 is 2.08 bits per heavy atom. The number of hydrogen-bond acceptors (Lipinski definition) is 3. The van der Waals surface area contributed by atoms with Gasteiger partial charge < -0.3 is 15.2 Å². The molecule has 2 aromatic rings. The van der Waals surface area contributed by atoms with Crippen molar-refractivity contribution < 1.29 is 8.78 Å². The van der Waals surface area contributed by atoms with Crippen LogP contribution in [0.25, 0.3) is 0 Å². The molecule has 2 heterocycles. The van der Waals surface area contributed by atoms with Gasteiger partial charge in [0.15, 0.2) is 5.96 Å². The molecule has 2 N–H and O–H groups in total. The molecule has 1 aliphatic rings. The zero-order valence-electron chi connectivity index (χ0n) is 14.9. The van der Waals surface area contributed by atoms with Crippen LogP contribution in [0.1, 0.15) is 36.5 Å². The number of fused-ring (bicyclic) bond motifs is 1. The number of halogens is 2. The van der Waals surface area contributed by atoms with Crippen LogP contribution in [0.3, 0.4) is 0 Å². The molecule has 1 aromatic heterocycles. The summed E-state index contributed by atoms with van der Waals surface area (Å²) in [4.78, 5) is 4.11. The monoisotopic (exact) mass is 362 g/mol. The predicted octanol–water partition coefficient (Wildman–Crippen LogP) is 2.19. The van der Waals surface area contributed by atoms with Crippen molar-refractivity contribution >= 4 is 5.96 Å². The maximum atomic E-state index is 13.7. The second-order valence-corrected chi connectivity index (χ2v) is 6.33. The van der Waals surface area contributed by atoms with Crippen LogP contribution in [0.5, 0.6) is 0 Å². The lowest BCUT2D eigenvalue weighted by atomic mass is 10.2. The first kappa shape index (κ1) is 18.3. The van der Waals surface area contributed by atoms with Crippen molar-refractivity contribution in [1.82, 2.24) is 25.4 Å². The van der Waals surface area contributed by atoms with Gasteiger partial charge in [-0.1, -0.05) is 6.42 Å². The van der Waals surface area contributed by atoms with Gasteiger partial charge in [-0.05, 0) is 31.0 Å². The van der Waals surface area contributed by atoms with Crippen molar-refractivity contribution in [3.63, 3.8) is 0 Å². The van der Waals surface area contributed by atoms with Crippen molar-refractivity contribution in [2.24, 2.45) is 4.99 Å². The summed E-state index contributed by atoms with van der Waals surface area (Å²) in [6, 6.07) is 3.41. The first-order valence-electron chi connectivity index (χ1n) is 8.97. The average Bonchev–Trinajstić information content (AvgIpc) is 2.87. The largest absolute Gasteiger partial charge is 0.356 e. The molecule has 8 heteroatoms. The zero-order valence-corrected chi connectivity index (χ0v) is 14.9. The van der Waals surface area contributed by atoms with E-state index in [-0.39, 0.29) is 12.1 Å². The Morgan fingerprint density at radius 3 is 2.92 bits per heavy atom. The van der Waals surface area contributed by atoms with Crippen molar-refractivity contribution in [1.29, 1.82) is 0 Å². The summed E-state index contributed by atoms with van der Waals surface area (Å²) in [5.41, 5.74) is 0.260. The molecule has 0 saturated heterocycles. The molecule has 0 saturated carbocycles. The van der Waals surface area contributed by atoms with Gasteiger partial charge in [0.25, 0.3) is 0 Å². The van der Waals surface area contributed by atoms with Crippen molar-refractivity contribution in [2.75, 3.05) is 13.6 Å². The smallest absolute Gasteiger partial charge is 0.191 e. The van der Waals surface area contributed by atoms with E-state index in [1.54, 1.807) is 7.05 Å². The highest BCUT2D eigenvalue weighted by Crippen LogP contribution is 2.14. The van der Waals surface area contributed by atoms with Gasteiger partial charge >= 0.3 is 0 Å². The fourth-order valence-corrected chi connectivity index (χ4v) is 3.10. The summed E-state index contributed by atoms with van der Waals surface area (Å²) in [5, 5.41) is 14.8. The van der Waals surface area contributed by atoms with Crippen LogP contribution in [0.4, 0.5) is 8.78 Å². The summed E-state index contributed by atoms with van der Waals surface area (Å²) >= 11 is 0. The van der Waals surface area contributed by atoms with Crippen molar-refractivity contribution in [2.45, 2.75) is 45.2 Å². The van der Waals surface area contributed by atoms with E-state index in [0.717, 1.165) is 49.6 Å². The van der Waals surface area contributed by atoms with E-state index in [0.29, 0.717) is 12.5 Å². The number of aryl methyl sites for hydroxylation is 1. The molecular formula is C18H24F2N6. The van der Waals surface area contributed by atoms with Gasteiger partial charge in [-0.15, -0.1) is 10.2 Å². The van der Waals surface area contributed by atoms with Gasteiger partial charge in [-0.2, -0.15) is 0 Å². The molecule has 6 nitrogen and oxygen atoms in total. The maximum absolute atomic E-state index is 13.7. The topological polar surface area (TPSA) is 67.1 Å². The van der Waals surface area contributed by atoms with Crippen molar-refractivity contribution in [3.05, 3.63) is 47.0 Å². The van der Waals surface area contributed by atoms with Crippen LogP contribution in [0, 0.1) is 11.6 Å². The highest BCUT2D eigenvalue weighted by Gasteiger charge is 2.14. The molecule has 26 heavy (non-hydrogen) atoms. The van der Waals surface area contributed by atoms with E-state index in [1.165, 1.54) is 18.9 Å². The molecule has 0 bridgehead atoms. The second kappa shape index (κ2) is 8.73. The summed E-state index contributed by atoms with van der Waals surface area (Å²) in [6.07, 6.45) is 5.27. The Morgan fingerprint density at radius 1 is 1.19 bits per heavy atom. The number of aromatic nitrogens is 3. The Bertz CT molecular complexity index is 771.